The first-order valence-corrected chi connectivity index (χ1v) is 9.79. The SMILES string of the molecule is O=C(COC(=O)CSCc1cccs1)Nc1cccc2ccccc12. The molecule has 0 aliphatic rings. The van der Waals surface area contributed by atoms with Crippen LogP contribution in [0.4, 0.5) is 5.69 Å². The van der Waals surface area contributed by atoms with Gasteiger partial charge in [0.25, 0.3) is 5.91 Å². The molecule has 2 aromatic carbocycles. The van der Waals surface area contributed by atoms with Crippen molar-refractivity contribution in [3.05, 3.63) is 64.9 Å². The van der Waals surface area contributed by atoms with Crippen LogP contribution in [0.25, 0.3) is 10.8 Å². The number of amides is 1. The molecule has 0 aliphatic carbocycles. The summed E-state index contributed by atoms with van der Waals surface area (Å²) in [5, 5.41) is 6.80. The van der Waals surface area contributed by atoms with Gasteiger partial charge in [-0.25, -0.2) is 0 Å². The number of carbonyl (C=O) groups is 2. The first-order chi connectivity index (χ1) is 12.2. The van der Waals surface area contributed by atoms with Gasteiger partial charge in [0, 0.05) is 21.7 Å². The van der Waals surface area contributed by atoms with Crippen LogP contribution in [-0.2, 0) is 20.1 Å². The lowest BCUT2D eigenvalue weighted by atomic mass is 10.1. The fraction of sp³-hybridized carbons (Fsp3) is 0.158. The quantitative estimate of drug-likeness (QED) is 0.629. The van der Waals surface area contributed by atoms with Crippen molar-refractivity contribution >= 4 is 51.4 Å². The molecule has 1 N–H and O–H groups in total. The Morgan fingerprint density at radius 1 is 1.04 bits per heavy atom. The largest absolute Gasteiger partial charge is 0.455 e. The molecule has 4 nitrogen and oxygen atoms in total. The van der Waals surface area contributed by atoms with Gasteiger partial charge in [-0.05, 0) is 22.9 Å². The number of hydrogen-bond acceptors (Lipinski definition) is 5. The molecule has 3 aromatic rings. The van der Waals surface area contributed by atoms with Crippen LogP contribution in [0.1, 0.15) is 4.88 Å². The number of thioether (sulfide) groups is 1. The van der Waals surface area contributed by atoms with E-state index in [1.807, 2.05) is 60.0 Å². The van der Waals surface area contributed by atoms with Gasteiger partial charge in [-0.3, -0.25) is 9.59 Å². The Labute approximate surface area is 154 Å². The van der Waals surface area contributed by atoms with Crippen LogP contribution >= 0.6 is 23.1 Å². The van der Waals surface area contributed by atoms with E-state index in [2.05, 4.69) is 5.32 Å². The van der Waals surface area contributed by atoms with Crippen LogP contribution in [0.3, 0.4) is 0 Å². The standard InChI is InChI=1S/C19H17NO3S2/c21-18(11-23-19(22)13-24-12-15-7-4-10-25-15)20-17-9-3-6-14-5-1-2-8-16(14)17/h1-10H,11-13H2,(H,20,21). The summed E-state index contributed by atoms with van der Waals surface area (Å²) < 4.78 is 5.04. The topological polar surface area (TPSA) is 55.4 Å². The molecule has 0 fully saturated rings. The van der Waals surface area contributed by atoms with Gasteiger partial charge < -0.3 is 10.1 Å². The third kappa shape index (κ3) is 5.08. The summed E-state index contributed by atoms with van der Waals surface area (Å²) in [5.41, 5.74) is 0.714. The van der Waals surface area contributed by atoms with Gasteiger partial charge in [0.1, 0.15) is 0 Å². The third-order valence-electron chi connectivity index (χ3n) is 3.47. The Morgan fingerprint density at radius 2 is 1.88 bits per heavy atom. The highest BCUT2D eigenvalue weighted by Gasteiger charge is 2.10. The highest BCUT2D eigenvalue weighted by Crippen LogP contribution is 2.22. The maximum absolute atomic E-state index is 12.0. The number of thiophene rings is 1. The van der Waals surface area contributed by atoms with Gasteiger partial charge >= 0.3 is 5.97 Å². The smallest absolute Gasteiger partial charge is 0.316 e. The molecular formula is C19H17NO3S2. The first-order valence-electron chi connectivity index (χ1n) is 7.76. The molecular weight excluding hydrogens is 354 g/mol. The fourth-order valence-corrected chi connectivity index (χ4v) is 4.00. The van der Waals surface area contributed by atoms with Gasteiger partial charge in [-0.15, -0.1) is 23.1 Å². The number of esters is 1. The summed E-state index contributed by atoms with van der Waals surface area (Å²) in [4.78, 5) is 25.0. The van der Waals surface area contributed by atoms with Crippen molar-refractivity contribution in [2.24, 2.45) is 0 Å². The highest BCUT2D eigenvalue weighted by atomic mass is 32.2. The molecule has 128 valence electrons. The van der Waals surface area contributed by atoms with Gasteiger partial charge in [0.15, 0.2) is 6.61 Å². The van der Waals surface area contributed by atoms with Crippen LogP contribution in [0, 0.1) is 0 Å². The minimum atomic E-state index is -0.380. The lowest BCUT2D eigenvalue weighted by molar-refractivity contribution is -0.144. The molecule has 0 unspecified atom stereocenters. The molecule has 0 aliphatic heterocycles. The average molecular weight is 371 g/mol. The van der Waals surface area contributed by atoms with Crippen LogP contribution in [0.2, 0.25) is 0 Å². The number of fused-ring (bicyclic) bond motifs is 1. The van der Waals surface area contributed by atoms with Crippen molar-refractivity contribution in [1.82, 2.24) is 0 Å². The van der Waals surface area contributed by atoms with Gasteiger partial charge in [-0.2, -0.15) is 0 Å². The Balaban J connectivity index is 1.45. The third-order valence-corrected chi connectivity index (χ3v) is 5.49. The predicted octanol–water partition coefficient (Wildman–Crippen LogP) is 4.32. The Bertz CT molecular complexity index is 857. The molecule has 6 heteroatoms. The molecule has 0 spiro atoms. The molecule has 0 bridgehead atoms. The number of carbonyl (C=O) groups excluding carboxylic acids is 2. The van der Waals surface area contributed by atoms with Gasteiger partial charge in [0.2, 0.25) is 0 Å². The molecule has 1 aromatic heterocycles. The minimum Gasteiger partial charge on any atom is -0.455 e. The summed E-state index contributed by atoms with van der Waals surface area (Å²) in [6.07, 6.45) is 0. The van der Waals surface area contributed by atoms with E-state index in [0.29, 0.717) is 5.69 Å². The van der Waals surface area contributed by atoms with E-state index in [9.17, 15) is 9.59 Å². The average Bonchev–Trinajstić information content (AvgIpc) is 3.14. The van der Waals surface area contributed by atoms with Crippen molar-refractivity contribution in [2.75, 3.05) is 17.7 Å². The summed E-state index contributed by atoms with van der Waals surface area (Å²) in [6, 6.07) is 17.5. The molecule has 0 atom stereocenters. The zero-order valence-electron chi connectivity index (χ0n) is 13.4. The molecule has 0 radical (unpaired) electrons. The number of benzene rings is 2. The van der Waals surface area contributed by atoms with E-state index < -0.39 is 0 Å². The van der Waals surface area contributed by atoms with Gasteiger partial charge in [0.05, 0.1) is 5.75 Å². The maximum Gasteiger partial charge on any atom is 0.316 e. The lowest BCUT2D eigenvalue weighted by Gasteiger charge is -2.09. The lowest BCUT2D eigenvalue weighted by Crippen LogP contribution is -2.21. The van der Waals surface area contributed by atoms with E-state index in [0.717, 1.165) is 16.5 Å². The fourth-order valence-electron chi connectivity index (χ4n) is 2.34. The Kier molecular flexibility index (Phi) is 6.09. The second-order valence-electron chi connectivity index (χ2n) is 5.31. The minimum absolute atomic E-state index is 0.236. The van der Waals surface area contributed by atoms with Crippen LogP contribution in [0.5, 0.6) is 0 Å². The van der Waals surface area contributed by atoms with E-state index in [4.69, 9.17) is 4.74 Å². The zero-order chi connectivity index (χ0) is 17.5. The number of anilines is 1. The maximum atomic E-state index is 12.0. The summed E-state index contributed by atoms with van der Waals surface area (Å²) >= 11 is 3.14. The zero-order valence-corrected chi connectivity index (χ0v) is 15.1. The van der Waals surface area contributed by atoms with Crippen LogP contribution < -0.4 is 5.32 Å². The Morgan fingerprint density at radius 3 is 2.72 bits per heavy atom. The second-order valence-corrected chi connectivity index (χ2v) is 7.33. The predicted molar refractivity (Wildman–Crippen MR) is 104 cm³/mol. The van der Waals surface area contributed by atoms with E-state index in [1.54, 1.807) is 11.3 Å². The summed E-state index contributed by atoms with van der Waals surface area (Å²) in [7, 11) is 0. The van der Waals surface area contributed by atoms with E-state index in [1.165, 1.54) is 16.6 Å². The number of rotatable bonds is 7. The number of nitrogens with one attached hydrogen (secondary N) is 1. The molecule has 3 rings (SSSR count). The highest BCUT2D eigenvalue weighted by molar-refractivity contribution is 7.99. The molecule has 0 saturated carbocycles. The van der Waals surface area contributed by atoms with Crippen LogP contribution in [-0.4, -0.2) is 24.2 Å². The molecule has 1 heterocycles. The number of ether oxygens (including phenoxy) is 1. The molecule has 25 heavy (non-hydrogen) atoms. The van der Waals surface area contributed by atoms with Crippen molar-refractivity contribution in [3.63, 3.8) is 0 Å². The van der Waals surface area contributed by atoms with Crippen molar-refractivity contribution < 1.29 is 14.3 Å². The summed E-state index contributed by atoms with van der Waals surface area (Å²) in [5.74, 6) is 0.289. The van der Waals surface area contributed by atoms with Gasteiger partial charge in [-0.1, -0.05) is 42.5 Å². The van der Waals surface area contributed by atoms with E-state index in [-0.39, 0.29) is 24.2 Å². The monoisotopic (exact) mass is 371 g/mol. The Hall–Kier alpha value is -2.31. The van der Waals surface area contributed by atoms with Crippen LogP contribution in [0.15, 0.2) is 60.0 Å². The first kappa shape index (κ1) is 17.5. The number of hydrogen-bond donors (Lipinski definition) is 1. The van der Waals surface area contributed by atoms with E-state index >= 15 is 0 Å². The molecule has 0 saturated heterocycles. The summed E-state index contributed by atoms with van der Waals surface area (Å²) in [6.45, 7) is -0.276. The normalized spacial score (nSPS) is 10.6. The second kappa shape index (κ2) is 8.69. The van der Waals surface area contributed by atoms with Crippen molar-refractivity contribution in [1.29, 1.82) is 0 Å². The molecule has 1 amide bonds. The van der Waals surface area contributed by atoms with Crippen molar-refractivity contribution in [3.8, 4) is 0 Å². The van der Waals surface area contributed by atoms with Crippen molar-refractivity contribution in [2.45, 2.75) is 5.75 Å².